The highest BCUT2D eigenvalue weighted by molar-refractivity contribution is 6.03. The van der Waals surface area contributed by atoms with Crippen molar-refractivity contribution in [3.05, 3.63) is 22.6 Å². The van der Waals surface area contributed by atoms with Crippen molar-refractivity contribution in [1.82, 2.24) is 5.32 Å². The number of carbonyl (C=O) groups is 2. The number of amides is 1. The predicted octanol–water partition coefficient (Wildman–Crippen LogP) is 4.59. The van der Waals surface area contributed by atoms with Crippen LogP contribution in [-0.4, -0.2) is 18.2 Å². The largest absolute Gasteiger partial charge is 0.455 e. The van der Waals surface area contributed by atoms with E-state index in [1.54, 1.807) is 0 Å². The Balaban J connectivity index is 1.75. The Hall–Kier alpha value is -1.58. The second kappa shape index (κ2) is 8.90. The summed E-state index contributed by atoms with van der Waals surface area (Å²) in [6.07, 6.45) is 10.7. The number of furan rings is 1. The quantitative estimate of drug-likeness (QED) is 0.677. The van der Waals surface area contributed by atoms with E-state index in [1.165, 1.54) is 32.1 Å². The maximum atomic E-state index is 12.2. The first-order valence-electron chi connectivity index (χ1n) is 9.08. The Morgan fingerprint density at radius 1 is 1.09 bits per heavy atom. The Kier molecular flexibility index (Phi) is 6.87. The summed E-state index contributed by atoms with van der Waals surface area (Å²) >= 11 is 0. The molecule has 1 amide bonds. The lowest BCUT2D eigenvalue weighted by Gasteiger charge is -2.07. The van der Waals surface area contributed by atoms with Crippen LogP contribution in [0.3, 0.4) is 0 Å². The second-order valence-electron chi connectivity index (χ2n) is 6.51. The monoisotopic (exact) mass is 319 g/mol. The molecule has 1 aliphatic rings. The van der Waals surface area contributed by atoms with Crippen LogP contribution in [0.15, 0.2) is 4.42 Å². The molecule has 0 aromatic carbocycles. The van der Waals surface area contributed by atoms with Crippen LogP contribution in [0.5, 0.6) is 0 Å². The Morgan fingerprint density at radius 3 is 2.48 bits per heavy atom. The second-order valence-corrected chi connectivity index (χ2v) is 6.51. The normalized spacial score (nSPS) is 13.9. The molecule has 1 N–H and O–H groups in total. The molecule has 0 aliphatic heterocycles. The topological polar surface area (TPSA) is 59.3 Å². The van der Waals surface area contributed by atoms with Gasteiger partial charge < -0.3 is 9.73 Å². The van der Waals surface area contributed by atoms with Gasteiger partial charge in [0.25, 0.3) is 5.91 Å². The summed E-state index contributed by atoms with van der Waals surface area (Å²) in [5, 5.41) is 2.92. The maximum Gasteiger partial charge on any atom is 0.287 e. The number of rotatable bonds is 9. The molecule has 23 heavy (non-hydrogen) atoms. The van der Waals surface area contributed by atoms with Gasteiger partial charge in [-0.05, 0) is 19.8 Å². The lowest BCUT2D eigenvalue weighted by molar-refractivity contribution is 0.0919. The summed E-state index contributed by atoms with van der Waals surface area (Å²) in [6, 6.07) is 0. The van der Waals surface area contributed by atoms with Crippen LogP contribution in [-0.2, 0) is 6.42 Å². The molecule has 1 aromatic rings. The number of hydrogen-bond donors (Lipinski definition) is 1. The van der Waals surface area contributed by atoms with E-state index in [1.807, 2.05) is 6.92 Å². The van der Waals surface area contributed by atoms with Gasteiger partial charge in [-0.1, -0.05) is 45.4 Å². The van der Waals surface area contributed by atoms with E-state index in [9.17, 15) is 9.59 Å². The average Bonchev–Trinajstić information content (AvgIpc) is 2.88. The molecule has 4 nitrogen and oxygen atoms in total. The molecule has 2 rings (SSSR count). The molecule has 0 fully saturated rings. The number of ketones is 1. The standard InChI is InChI=1S/C19H29NO3/c1-3-4-5-6-7-8-9-13-20-19(22)18-14(2)17-15(21)11-10-12-16(17)23-18/h3-13H2,1-2H3,(H,20,22). The zero-order chi connectivity index (χ0) is 16.7. The minimum Gasteiger partial charge on any atom is -0.455 e. The van der Waals surface area contributed by atoms with Gasteiger partial charge in [0.2, 0.25) is 0 Å². The van der Waals surface area contributed by atoms with Gasteiger partial charge in [-0.2, -0.15) is 0 Å². The SMILES string of the molecule is CCCCCCCCCNC(=O)c1oc2c(c1C)C(=O)CCC2. The highest BCUT2D eigenvalue weighted by Gasteiger charge is 2.28. The fourth-order valence-corrected chi connectivity index (χ4v) is 3.23. The zero-order valence-corrected chi connectivity index (χ0v) is 14.5. The molecule has 0 bridgehead atoms. The number of Topliss-reactive ketones (excluding diaryl/α,β-unsaturated/α-hetero) is 1. The van der Waals surface area contributed by atoms with Crippen molar-refractivity contribution < 1.29 is 14.0 Å². The van der Waals surface area contributed by atoms with Crippen molar-refractivity contribution >= 4 is 11.7 Å². The highest BCUT2D eigenvalue weighted by atomic mass is 16.4. The molecule has 128 valence electrons. The number of aryl methyl sites for hydroxylation is 1. The maximum absolute atomic E-state index is 12.2. The van der Waals surface area contributed by atoms with Crippen molar-refractivity contribution in [3.63, 3.8) is 0 Å². The fraction of sp³-hybridized carbons (Fsp3) is 0.684. The summed E-state index contributed by atoms with van der Waals surface area (Å²) in [7, 11) is 0. The molecule has 0 saturated carbocycles. The summed E-state index contributed by atoms with van der Waals surface area (Å²) in [6.45, 7) is 4.71. The molecule has 1 aromatic heterocycles. The third kappa shape index (κ3) is 4.69. The van der Waals surface area contributed by atoms with Crippen LogP contribution in [0.25, 0.3) is 0 Å². The summed E-state index contributed by atoms with van der Waals surface area (Å²) < 4.78 is 5.66. The van der Waals surface area contributed by atoms with Gasteiger partial charge in [0.1, 0.15) is 5.76 Å². The van der Waals surface area contributed by atoms with Crippen molar-refractivity contribution in [2.24, 2.45) is 0 Å². The summed E-state index contributed by atoms with van der Waals surface area (Å²) in [4.78, 5) is 24.2. The van der Waals surface area contributed by atoms with Crippen LogP contribution in [0, 0.1) is 6.92 Å². The molecule has 0 atom stereocenters. The Bertz CT molecular complexity index is 545. The van der Waals surface area contributed by atoms with E-state index in [4.69, 9.17) is 4.42 Å². The predicted molar refractivity (Wildman–Crippen MR) is 91.0 cm³/mol. The number of nitrogens with one attached hydrogen (secondary N) is 1. The number of hydrogen-bond acceptors (Lipinski definition) is 3. The lowest BCUT2D eigenvalue weighted by atomic mass is 9.94. The third-order valence-electron chi connectivity index (χ3n) is 4.58. The molecule has 4 heteroatoms. The van der Waals surface area contributed by atoms with Crippen LogP contribution >= 0.6 is 0 Å². The van der Waals surface area contributed by atoms with Gasteiger partial charge in [-0.15, -0.1) is 0 Å². The van der Waals surface area contributed by atoms with Gasteiger partial charge in [0, 0.05) is 24.9 Å². The number of carbonyl (C=O) groups excluding carboxylic acids is 2. The van der Waals surface area contributed by atoms with E-state index >= 15 is 0 Å². The molecular formula is C19H29NO3. The minimum absolute atomic E-state index is 0.110. The van der Waals surface area contributed by atoms with Gasteiger partial charge in [0.05, 0.1) is 5.56 Å². The van der Waals surface area contributed by atoms with Crippen LogP contribution < -0.4 is 5.32 Å². The Morgan fingerprint density at radius 2 is 1.78 bits per heavy atom. The van der Waals surface area contributed by atoms with Crippen LogP contribution in [0.1, 0.15) is 96.9 Å². The van der Waals surface area contributed by atoms with Gasteiger partial charge in [-0.3, -0.25) is 9.59 Å². The molecule has 1 aliphatic carbocycles. The average molecular weight is 319 g/mol. The van der Waals surface area contributed by atoms with Crippen molar-refractivity contribution in [2.75, 3.05) is 6.54 Å². The van der Waals surface area contributed by atoms with Gasteiger partial charge in [-0.25, -0.2) is 0 Å². The smallest absolute Gasteiger partial charge is 0.287 e. The number of fused-ring (bicyclic) bond motifs is 1. The molecule has 1 heterocycles. The van der Waals surface area contributed by atoms with Crippen LogP contribution in [0.2, 0.25) is 0 Å². The van der Waals surface area contributed by atoms with Crippen molar-refractivity contribution in [1.29, 1.82) is 0 Å². The van der Waals surface area contributed by atoms with E-state index in [-0.39, 0.29) is 11.7 Å². The van der Waals surface area contributed by atoms with E-state index in [0.29, 0.717) is 35.6 Å². The summed E-state index contributed by atoms with van der Waals surface area (Å²) in [5.41, 5.74) is 1.36. The lowest BCUT2D eigenvalue weighted by Crippen LogP contribution is -2.24. The number of unbranched alkanes of at least 4 members (excludes halogenated alkanes) is 6. The molecule has 0 radical (unpaired) electrons. The first-order chi connectivity index (χ1) is 11.1. The summed E-state index contributed by atoms with van der Waals surface area (Å²) in [5.74, 6) is 0.947. The first kappa shape index (κ1) is 17.8. The molecule has 0 saturated heterocycles. The third-order valence-corrected chi connectivity index (χ3v) is 4.58. The van der Waals surface area contributed by atoms with Crippen molar-refractivity contribution in [3.8, 4) is 0 Å². The fourth-order valence-electron chi connectivity index (χ4n) is 3.23. The molecule has 0 spiro atoms. The van der Waals surface area contributed by atoms with E-state index in [0.717, 1.165) is 25.7 Å². The molecular weight excluding hydrogens is 290 g/mol. The van der Waals surface area contributed by atoms with E-state index < -0.39 is 0 Å². The zero-order valence-electron chi connectivity index (χ0n) is 14.5. The molecule has 0 unspecified atom stereocenters. The Labute approximate surface area is 139 Å². The van der Waals surface area contributed by atoms with E-state index in [2.05, 4.69) is 12.2 Å². The van der Waals surface area contributed by atoms with Gasteiger partial charge in [0.15, 0.2) is 11.5 Å². The highest BCUT2D eigenvalue weighted by Crippen LogP contribution is 2.29. The van der Waals surface area contributed by atoms with Crippen molar-refractivity contribution in [2.45, 2.75) is 78.1 Å². The van der Waals surface area contributed by atoms with Gasteiger partial charge >= 0.3 is 0 Å². The first-order valence-corrected chi connectivity index (χ1v) is 9.08. The van der Waals surface area contributed by atoms with Crippen LogP contribution in [0.4, 0.5) is 0 Å². The minimum atomic E-state index is -0.185.